The third-order valence-electron chi connectivity index (χ3n) is 3.35. The van der Waals surface area contributed by atoms with Gasteiger partial charge in [-0.1, -0.05) is 0 Å². The minimum Gasteiger partial charge on any atom is -0.493 e. The highest BCUT2D eigenvalue weighted by Crippen LogP contribution is 2.28. The van der Waals surface area contributed by atoms with Crippen molar-refractivity contribution in [2.75, 3.05) is 19.0 Å². The molecule has 0 unspecified atom stereocenters. The van der Waals surface area contributed by atoms with Crippen LogP contribution in [0.3, 0.4) is 0 Å². The first-order valence-electron chi connectivity index (χ1n) is 7.63. The molecular weight excluding hydrogens is 310 g/mol. The average molecular weight is 331 g/mol. The van der Waals surface area contributed by atoms with E-state index in [0.717, 1.165) is 5.69 Å². The molecule has 7 nitrogen and oxygen atoms in total. The summed E-state index contributed by atoms with van der Waals surface area (Å²) < 4.78 is 10.9. The van der Waals surface area contributed by atoms with Crippen LogP contribution in [0.4, 0.5) is 5.82 Å². The van der Waals surface area contributed by atoms with Crippen molar-refractivity contribution in [3.63, 3.8) is 0 Å². The van der Waals surface area contributed by atoms with Crippen LogP contribution in [-0.2, 0) is 4.79 Å². The molecule has 0 saturated carbocycles. The van der Waals surface area contributed by atoms with Gasteiger partial charge in [0, 0.05) is 23.7 Å². The zero-order valence-corrected chi connectivity index (χ0v) is 14.0. The molecule has 2 N–H and O–H groups in total. The Morgan fingerprint density at radius 3 is 2.67 bits per heavy atom. The number of carbonyl (C=O) groups is 2. The molecule has 0 aliphatic heterocycles. The Balaban J connectivity index is 1.79. The van der Waals surface area contributed by atoms with Gasteiger partial charge in [0.25, 0.3) is 0 Å². The molecule has 7 heteroatoms. The molecule has 0 spiro atoms. The van der Waals surface area contributed by atoms with E-state index in [4.69, 9.17) is 9.47 Å². The molecule has 1 amide bonds. The Kier molecular flexibility index (Phi) is 5.95. The summed E-state index contributed by atoms with van der Waals surface area (Å²) in [6.45, 7) is 3.72. The van der Waals surface area contributed by atoms with Gasteiger partial charge in [0.15, 0.2) is 23.1 Å². The average Bonchev–Trinajstić information content (AvgIpc) is 2.96. The number of rotatable bonds is 8. The first kappa shape index (κ1) is 17.5. The number of carbonyl (C=O) groups excluding carboxylic acids is 2. The molecule has 0 radical (unpaired) electrons. The van der Waals surface area contributed by atoms with Crippen LogP contribution in [0.15, 0.2) is 24.3 Å². The number of H-pyrrole nitrogens is 1. The van der Waals surface area contributed by atoms with E-state index in [2.05, 4.69) is 15.5 Å². The fraction of sp³-hybridized carbons (Fsp3) is 0.353. The zero-order chi connectivity index (χ0) is 17.5. The monoisotopic (exact) mass is 331 g/mol. The molecule has 1 heterocycles. The second-order valence-electron chi connectivity index (χ2n) is 5.36. The third-order valence-corrected chi connectivity index (χ3v) is 3.35. The number of methoxy groups -OCH3 is 1. The van der Waals surface area contributed by atoms with E-state index in [1.165, 1.54) is 14.0 Å². The van der Waals surface area contributed by atoms with Crippen molar-refractivity contribution in [1.82, 2.24) is 10.2 Å². The number of ether oxygens (including phenoxy) is 2. The Bertz CT molecular complexity index is 724. The van der Waals surface area contributed by atoms with Crippen molar-refractivity contribution >= 4 is 17.5 Å². The summed E-state index contributed by atoms with van der Waals surface area (Å²) in [7, 11) is 1.52. The van der Waals surface area contributed by atoms with Crippen LogP contribution in [0.1, 0.15) is 35.8 Å². The molecule has 2 aromatic rings. The highest BCUT2D eigenvalue weighted by molar-refractivity contribution is 5.94. The number of hydrogen-bond acceptors (Lipinski definition) is 5. The smallest absolute Gasteiger partial charge is 0.225 e. The molecule has 2 rings (SSSR count). The number of nitrogens with one attached hydrogen (secondary N) is 2. The van der Waals surface area contributed by atoms with E-state index in [1.54, 1.807) is 24.3 Å². The molecule has 0 fully saturated rings. The summed E-state index contributed by atoms with van der Waals surface area (Å²) in [6.07, 6.45) is 0.868. The van der Waals surface area contributed by atoms with Gasteiger partial charge in [0.1, 0.15) is 0 Å². The maximum Gasteiger partial charge on any atom is 0.225 e. The largest absolute Gasteiger partial charge is 0.493 e. The summed E-state index contributed by atoms with van der Waals surface area (Å²) in [4.78, 5) is 23.2. The fourth-order valence-electron chi connectivity index (χ4n) is 2.11. The number of aromatic nitrogens is 2. The van der Waals surface area contributed by atoms with Crippen LogP contribution in [-0.4, -0.2) is 35.6 Å². The summed E-state index contributed by atoms with van der Waals surface area (Å²) in [5, 5.41) is 9.41. The normalized spacial score (nSPS) is 10.3. The first-order valence-corrected chi connectivity index (χ1v) is 7.63. The molecule has 1 aromatic heterocycles. The van der Waals surface area contributed by atoms with Crippen molar-refractivity contribution in [2.45, 2.75) is 26.7 Å². The van der Waals surface area contributed by atoms with E-state index >= 15 is 0 Å². The molecule has 0 saturated heterocycles. The first-order chi connectivity index (χ1) is 11.5. The minimum absolute atomic E-state index is 0.0369. The number of ketones is 1. The Hall–Kier alpha value is -2.83. The highest BCUT2D eigenvalue weighted by Gasteiger charge is 2.09. The standard InChI is InChI=1S/C17H21N3O4/c1-11-9-16(20-19-11)18-17(22)5-4-8-24-14-7-6-13(12(2)21)10-15(14)23-3/h6-7,9-10H,4-5,8H2,1-3H3,(H2,18,19,20,22). The lowest BCUT2D eigenvalue weighted by Crippen LogP contribution is -2.13. The molecule has 0 atom stereocenters. The van der Waals surface area contributed by atoms with Crippen LogP contribution < -0.4 is 14.8 Å². The topological polar surface area (TPSA) is 93.3 Å². The van der Waals surface area contributed by atoms with Crippen LogP contribution >= 0.6 is 0 Å². The third kappa shape index (κ3) is 4.84. The van der Waals surface area contributed by atoms with Gasteiger partial charge in [-0.3, -0.25) is 14.7 Å². The van der Waals surface area contributed by atoms with Gasteiger partial charge in [0.2, 0.25) is 5.91 Å². The van der Waals surface area contributed by atoms with Gasteiger partial charge in [-0.25, -0.2) is 0 Å². The van der Waals surface area contributed by atoms with Gasteiger partial charge >= 0.3 is 0 Å². The molecule has 0 bridgehead atoms. The van der Waals surface area contributed by atoms with Crippen LogP contribution in [0.5, 0.6) is 11.5 Å². The number of benzene rings is 1. The number of anilines is 1. The summed E-state index contributed by atoms with van der Waals surface area (Å²) in [6, 6.07) is 6.79. The van der Waals surface area contributed by atoms with Gasteiger partial charge in [-0.15, -0.1) is 0 Å². The Morgan fingerprint density at radius 2 is 2.04 bits per heavy atom. The van der Waals surface area contributed by atoms with Crippen LogP contribution in [0, 0.1) is 6.92 Å². The van der Waals surface area contributed by atoms with Crippen molar-refractivity contribution in [3.8, 4) is 11.5 Å². The maximum absolute atomic E-state index is 11.8. The number of nitrogens with zero attached hydrogens (tertiary/aromatic N) is 1. The highest BCUT2D eigenvalue weighted by atomic mass is 16.5. The van der Waals surface area contributed by atoms with Crippen molar-refractivity contribution < 1.29 is 19.1 Å². The van der Waals surface area contributed by atoms with E-state index in [0.29, 0.717) is 42.3 Å². The lowest BCUT2D eigenvalue weighted by molar-refractivity contribution is -0.116. The molecule has 0 aliphatic rings. The van der Waals surface area contributed by atoms with E-state index in [9.17, 15) is 9.59 Å². The molecule has 0 aliphatic carbocycles. The van der Waals surface area contributed by atoms with Crippen LogP contribution in [0.2, 0.25) is 0 Å². The summed E-state index contributed by atoms with van der Waals surface area (Å²) in [5.41, 5.74) is 1.45. The fourth-order valence-corrected chi connectivity index (χ4v) is 2.11. The summed E-state index contributed by atoms with van der Waals surface area (Å²) in [5.74, 6) is 1.40. The molecular formula is C17H21N3O4. The number of aromatic amines is 1. The number of Topliss-reactive ketones (excluding diaryl/α,β-unsaturated/α-hetero) is 1. The van der Waals surface area contributed by atoms with E-state index in [1.807, 2.05) is 6.92 Å². The number of amides is 1. The van der Waals surface area contributed by atoms with Crippen molar-refractivity contribution in [3.05, 3.63) is 35.5 Å². The number of aryl methyl sites for hydroxylation is 1. The lowest BCUT2D eigenvalue weighted by atomic mass is 10.1. The zero-order valence-electron chi connectivity index (χ0n) is 14.0. The predicted octanol–water partition coefficient (Wildman–Crippen LogP) is 2.73. The lowest BCUT2D eigenvalue weighted by Gasteiger charge is -2.11. The maximum atomic E-state index is 11.8. The van der Waals surface area contributed by atoms with Crippen LogP contribution in [0.25, 0.3) is 0 Å². The number of hydrogen-bond donors (Lipinski definition) is 2. The second kappa shape index (κ2) is 8.14. The Morgan fingerprint density at radius 1 is 1.25 bits per heavy atom. The second-order valence-corrected chi connectivity index (χ2v) is 5.36. The molecule has 128 valence electrons. The van der Waals surface area contributed by atoms with Gasteiger partial charge in [-0.2, -0.15) is 5.10 Å². The van der Waals surface area contributed by atoms with Gasteiger partial charge in [0.05, 0.1) is 13.7 Å². The quantitative estimate of drug-likeness (QED) is 0.573. The van der Waals surface area contributed by atoms with Crippen molar-refractivity contribution in [2.24, 2.45) is 0 Å². The predicted molar refractivity (Wildman–Crippen MR) is 89.7 cm³/mol. The molecule has 24 heavy (non-hydrogen) atoms. The molecule has 1 aromatic carbocycles. The van der Waals surface area contributed by atoms with Gasteiger partial charge < -0.3 is 14.8 Å². The summed E-state index contributed by atoms with van der Waals surface area (Å²) >= 11 is 0. The van der Waals surface area contributed by atoms with E-state index < -0.39 is 0 Å². The van der Waals surface area contributed by atoms with Gasteiger partial charge in [-0.05, 0) is 38.5 Å². The Labute approximate surface area is 140 Å². The minimum atomic E-state index is -0.121. The van der Waals surface area contributed by atoms with E-state index in [-0.39, 0.29) is 11.7 Å². The SMILES string of the molecule is COc1cc(C(C)=O)ccc1OCCCC(=O)Nc1cc(C)[nH]n1. The van der Waals surface area contributed by atoms with Crippen molar-refractivity contribution in [1.29, 1.82) is 0 Å².